The molecular formula is C5H6N2O3. The molecule has 1 amide bonds. The summed E-state index contributed by atoms with van der Waals surface area (Å²) in [7, 11) is 0. The third-order valence-corrected chi connectivity index (χ3v) is 0.936. The van der Waals surface area contributed by atoms with E-state index in [1.165, 1.54) is 13.1 Å². The standard InChI is InChI=1S/C5H6N2O3/c1-3(8)10-4-2-6-7-5(4)9/h2,4H,1H3,(H,7,9). The van der Waals surface area contributed by atoms with Crippen LogP contribution < -0.4 is 5.43 Å². The number of hydrogen-bond donors (Lipinski definition) is 1. The van der Waals surface area contributed by atoms with Crippen molar-refractivity contribution in [2.24, 2.45) is 5.10 Å². The van der Waals surface area contributed by atoms with Crippen LogP contribution in [0.25, 0.3) is 0 Å². The number of hydrogen-bond acceptors (Lipinski definition) is 4. The molecule has 1 aliphatic heterocycles. The molecule has 0 aromatic carbocycles. The molecule has 1 rings (SSSR count). The summed E-state index contributed by atoms with van der Waals surface area (Å²) >= 11 is 0. The molecule has 0 spiro atoms. The third-order valence-electron chi connectivity index (χ3n) is 0.936. The van der Waals surface area contributed by atoms with Crippen molar-refractivity contribution in [3.05, 3.63) is 0 Å². The summed E-state index contributed by atoms with van der Waals surface area (Å²) in [6.07, 6.45) is 0.404. The summed E-state index contributed by atoms with van der Waals surface area (Å²) in [5, 5.41) is 3.40. The maximum absolute atomic E-state index is 10.6. The molecule has 5 heteroatoms. The van der Waals surface area contributed by atoms with Gasteiger partial charge in [0.25, 0.3) is 5.91 Å². The molecule has 0 radical (unpaired) electrons. The number of carbonyl (C=O) groups excluding carboxylic acids is 2. The molecule has 1 N–H and O–H groups in total. The molecule has 54 valence electrons. The number of rotatable bonds is 1. The van der Waals surface area contributed by atoms with E-state index in [9.17, 15) is 9.59 Å². The number of hydrazone groups is 1. The Hall–Kier alpha value is -1.39. The van der Waals surface area contributed by atoms with Gasteiger partial charge in [0.2, 0.25) is 6.10 Å². The summed E-state index contributed by atoms with van der Waals surface area (Å²) < 4.78 is 4.52. The third kappa shape index (κ3) is 1.31. The summed E-state index contributed by atoms with van der Waals surface area (Å²) in [4.78, 5) is 20.9. The summed E-state index contributed by atoms with van der Waals surface area (Å²) in [5.74, 6) is -0.899. The van der Waals surface area contributed by atoms with Crippen LogP contribution in [0.4, 0.5) is 0 Å². The fourth-order valence-electron chi connectivity index (χ4n) is 0.563. The number of esters is 1. The van der Waals surface area contributed by atoms with E-state index < -0.39 is 18.0 Å². The van der Waals surface area contributed by atoms with Gasteiger partial charge in [0.05, 0.1) is 6.21 Å². The molecule has 1 unspecified atom stereocenters. The van der Waals surface area contributed by atoms with Gasteiger partial charge in [-0.2, -0.15) is 5.10 Å². The van der Waals surface area contributed by atoms with Gasteiger partial charge in [0.1, 0.15) is 0 Å². The van der Waals surface area contributed by atoms with Crippen molar-refractivity contribution in [1.29, 1.82) is 0 Å². The molecule has 0 fully saturated rings. The SMILES string of the molecule is CC(=O)OC1C=NNC1=O. The van der Waals surface area contributed by atoms with Gasteiger partial charge >= 0.3 is 5.97 Å². The van der Waals surface area contributed by atoms with E-state index in [-0.39, 0.29) is 0 Å². The van der Waals surface area contributed by atoms with Crippen LogP contribution in [0.3, 0.4) is 0 Å². The van der Waals surface area contributed by atoms with Crippen molar-refractivity contribution in [2.45, 2.75) is 13.0 Å². The molecule has 0 saturated carbocycles. The van der Waals surface area contributed by atoms with Crippen LogP contribution >= 0.6 is 0 Å². The molecule has 0 bridgehead atoms. The molecule has 0 aromatic rings. The van der Waals surface area contributed by atoms with E-state index in [1.807, 2.05) is 0 Å². The van der Waals surface area contributed by atoms with Gasteiger partial charge < -0.3 is 4.74 Å². The first-order valence-corrected chi connectivity index (χ1v) is 2.70. The minimum atomic E-state index is -0.836. The van der Waals surface area contributed by atoms with Crippen molar-refractivity contribution < 1.29 is 14.3 Å². The molecule has 10 heavy (non-hydrogen) atoms. The van der Waals surface area contributed by atoms with Crippen molar-refractivity contribution in [3.63, 3.8) is 0 Å². The fraction of sp³-hybridized carbons (Fsp3) is 0.400. The smallest absolute Gasteiger partial charge is 0.303 e. The first kappa shape index (κ1) is 6.73. The average Bonchev–Trinajstić information content (AvgIpc) is 2.15. The lowest BCUT2D eigenvalue weighted by atomic mass is 10.4. The van der Waals surface area contributed by atoms with Gasteiger partial charge in [-0.25, -0.2) is 5.43 Å². The monoisotopic (exact) mass is 142 g/mol. The first-order valence-electron chi connectivity index (χ1n) is 2.70. The van der Waals surface area contributed by atoms with Crippen LogP contribution in [-0.2, 0) is 14.3 Å². The van der Waals surface area contributed by atoms with Crippen LogP contribution in [0.15, 0.2) is 5.10 Å². The summed E-state index contributed by atoms with van der Waals surface area (Å²) in [6, 6.07) is 0. The normalized spacial score (nSPS) is 22.5. The Morgan fingerprint density at radius 3 is 3.00 bits per heavy atom. The largest absolute Gasteiger partial charge is 0.446 e. The fourth-order valence-corrected chi connectivity index (χ4v) is 0.563. The summed E-state index contributed by atoms with van der Waals surface area (Å²) in [6.45, 7) is 1.24. The Bertz CT molecular complexity index is 199. The number of amides is 1. The predicted molar refractivity (Wildman–Crippen MR) is 32.2 cm³/mol. The molecule has 0 aliphatic carbocycles. The molecular weight excluding hydrogens is 136 g/mol. The number of ether oxygens (including phenoxy) is 1. The highest BCUT2D eigenvalue weighted by Gasteiger charge is 2.22. The lowest BCUT2D eigenvalue weighted by Gasteiger charge is -2.02. The lowest BCUT2D eigenvalue weighted by molar-refractivity contribution is -0.148. The molecule has 0 aromatic heterocycles. The molecule has 5 nitrogen and oxygen atoms in total. The molecule has 0 saturated heterocycles. The van der Waals surface area contributed by atoms with Crippen molar-refractivity contribution in [2.75, 3.05) is 0 Å². The van der Waals surface area contributed by atoms with E-state index in [2.05, 4.69) is 15.3 Å². The van der Waals surface area contributed by atoms with Gasteiger partial charge in [0.15, 0.2) is 0 Å². The quantitative estimate of drug-likeness (QED) is 0.479. The van der Waals surface area contributed by atoms with E-state index >= 15 is 0 Å². The lowest BCUT2D eigenvalue weighted by Crippen LogP contribution is -2.29. The summed E-state index contributed by atoms with van der Waals surface area (Å²) in [5.41, 5.74) is 2.13. The van der Waals surface area contributed by atoms with Crippen LogP contribution in [0.1, 0.15) is 6.92 Å². The van der Waals surface area contributed by atoms with E-state index in [0.29, 0.717) is 0 Å². The molecule has 1 heterocycles. The van der Waals surface area contributed by atoms with Gasteiger partial charge in [-0.3, -0.25) is 9.59 Å². The Labute approximate surface area is 57.0 Å². The highest BCUT2D eigenvalue weighted by Crippen LogP contribution is 1.94. The van der Waals surface area contributed by atoms with E-state index in [0.717, 1.165) is 0 Å². The van der Waals surface area contributed by atoms with Crippen molar-refractivity contribution in [1.82, 2.24) is 5.43 Å². The van der Waals surface area contributed by atoms with Gasteiger partial charge in [-0.05, 0) is 0 Å². The minimum absolute atomic E-state index is 0.407. The van der Waals surface area contributed by atoms with Crippen LogP contribution in [0.5, 0.6) is 0 Å². The Balaban J connectivity index is 2.48. The van der Waals surface area contributed by atoms with Crippen LogP contribution in [-0.4, -0.2) is 24.2 Å². The zero-order valence-electron chi connectivity index (χ0n) is 5.33. The van der Waals surface area contributed by atoms with Crippen LogP contribution in [0, 0.1) is 0 Å². The van der Waals surface area contributed by atoms with Gasteiger partial charge in [0, 0.05) is 6.92 Å². The zero-order valence-corrected chi connectivity index (χ0v) is 5.33. The Morgan fingerprint density at radius 1 is 1.90 bits per heavy atom. The van der Waals surface area contributed by atoms with E-state index in [4.69, 9.17) is 0 Å². The van der Waals surface area contributed by atoms with Crippen molar-refractivity contribution in [3.8, 4) is 0 Å². The highest BCUT2D eigenvalue weighted by molar-refractivity contribution is 6.01. The number of carbonyl (C=O) groups is 2. The van der Waals surface area contributed by atoms with E-state index in [1.54, 1.807) is 0 Å². The molecule has 1 aliphatic rings. The maximum atomic E-state index is 10.6. The minimum Gasteiger partial charge on any atom is -0.446 e. The number of nitrogens with one attached hydrogen (secondary N) is 1. The number of nitrogens with zero attached hydrogens (tertiary/aromatic N) is 1. The maximum Gasteiger partial charge on any atom is 0.303 e. The topological polar surface area (TPSA) is 67.8 Å². The second-order valence-corrected chi connectivity index (χ2v) is 1.78. The molecule has 1 atom stereocenters. The zero-order chi connectivity index (χ0) is 7.56. The Kier molecular flexibility index (Phi) is 1.66. The highest BCUT2D eigenvalue weighted by atomic mass is 16.5. The first-order chi connectivity index (χ1) is 4.70. The Morgan fingerprint density at radius 2 is 2.60 bits per heavy atom. The predicted octanol–water partition coefficient (Wildman–Crippen LogP) is -0.966. The average molecular weight is 142 g/mol. The van der Waals surface area contributed by atoms with Crippen molar-refractivity contribution >= 4 is 18.1 Å². The van der Waals surface area contributed by atoms with Crippen LogP contribution in [0.2, 0.25) is 0 Å². The van der Waals surface area contributed by atoms with Gasteiger partial charge in [-0.1, -0.05) is 0 Å². The second-order valence-electron chi connectivity index (χ2n) is 1.78. The second kappa shape index (κ2) is 2.47. The van der Waals surface area contributed by atoms with Gasteiger partial charge in [-0.15, -0.1) is 0 Å².